The van der Waals surface area contributed by atoms with E-state index >= 15 is 0 Å². The molecule has 3 nitrogen and oxygen atoms in total. The molecule has 1 saturated heterocycles. The van der Waals surface area contributed by atoms with Gasteiger partial charge in [-0.05, 0) is 25.8 Å². The standard InChI is InChI=1S/C8H18N2O/c9-4-6-10-5-3-8-2-1-7-11-8/h8,10H,1-7,9H2. The Morgan fingerprint density at radius 2 is 2.36 bits per heavy atom. The Labute approximate surface area is 68.3 Å². The van der Waals surface area contributed by atoms with Gasteiger partial charge in [-0.25, -0.2) is 0 Å². The van der Waals surface area contributed by atoms with Gasteiger partial charge in [0.05, 0.1) is 6.10 Å². The normalized spacial score (nSPS) is 24.3. The van der Waals surface area contributed by atoms with Gasteiger partial charge in [-0.3, -0.25) is 0 Å². The summed E-state index contributed by atoms with van der Waals surface area (Å²) < 4.78 is 5.46. The van der Waals surface area contributed by atoms with Crippen LogP contribution >= 0.6 is 0 Å². The summed E-state index contributed by atoms with van der Waals surface area (Å²) in [5, 5.41) is 3.26. The number of nitrogens with two attached hydrogens (primary N) is 1. The topological polar surface area (TPSA) is 47.3 Å². The molecule has 0 amide bonds. The third-order valence-corrected chi connectivity index (χ3v) is 1.99. The Balaban J connectivity index is 1.86. The van der Waals surface area contributed by atoms with Gasteiger partial charge < -0.3 is 15.8 Å². The molecule has 1 aliphatic heterocycles. The van der Waals surface area contributed by atoms with Crippen LogP contribution in [-0.2, 0) is 4.74 Å². The minimum Gasteiger partial charge on any atom is -0.378 e. The molecule has 0 spiro atoms. The quantitative estimate of drug-likeness (QED) is 0.558. The van der Waals surface area contributed by atoms with Gasteiger partial charge in [-0.2, -0.15) is 0 Å². The van der Waals surface area contributed by atoms with Gasteiger partial charge in [0.25, 0.3) is 0 Å². The third kappa shape index (κ3) is 3.70. The van der Waals surface area contributed by atoms with Crippen LogP contribution in [0.4, 0.5) is 0 Å². The summed E-state index contributed by atoms with van der Waals surface area (Å²) in [5.41, 5.74) is 5.33. The average molecular weight is 158 g/mol. The van der Waals surface area contributed by atoms with Crippen LogP contribution in [0.5, 0.6) is 0 Å². The Morgan fingerprint density at radius 3 is 3.00 bits per heavy atom. The maximum absolute atomic E-state index is 5.46. The zero-order chi connectivity index (χ0) is 7.94. The number of nitrogens with one attached hydrogen (secondary N) is 1. The summed E-state index contributed by atoms with van der Waals surface area (Å²) >= 11 is 0. The van der Waals surface area contributed by atoms with Crippen molar-refractivity contribution in [3.63, 3.8) is 0 Å². The Hall–Kier alpha value is -0.120. The lowest BCUT2D eigenvalue weighted by Gasteiger charge is -2.08. The highest BCUT2D eigenvalue weighted by molar-refractivity contribution is 4.65. The molecule has 66 valence electrons. The molecule has 0 aromatic heterocycles. The lowest BCUT2D eigenvalue weighted by molar-refractivity contribution is 0.104. The fraction of sp³-hybridized carbons (Fsp3) is 1.00. The van der Waals surface area contributed by atoms with Crippen molar-refractivity contribution >= 4 is 0 Å². The molecule has 0 saturated carbocycles. The van der Waals surface area contributed by atoms with E-state index in [1.165, 1.54) is 12.8 Å². The van der Waals surface area contributed by atoms with Crippen LogP contribution in [0, 0.1) is 0 Å². The molecule has 1 unspecified atom stereocenters. The van der Waals surface area contributed by atoms with Crippen molar-refractivity contribution < 1.29 is 4.74 Å². The second-order valence-electron chi connectivity index (χ2n) is 2.96. The van der Waals surface area contributed by atoms with E-state index in [1.807, 2.05) is 0 Å². The molecule has 0 aromatic carbocycles. The van der Waals surface area contributed by atoms with Gasteiger partial charge in [0, 0.05) is 19.7 Å². The van der Waals surface area contributed by atoms with Crippen LogP contribution in [-0.4, -0.2) is 32.3 Å². The molecular formula is C8H18N2O. The molecule has 0 aromatic rings. The zero-order valence-electron chi connectivity index (χ0n) is 7.01. The molecule has 0 bridgehead atoms. The number of ether oxygens (including phenoxy) is 1. The fourth-order valence-corrected chi connectivity index (χ4v) is 1.36. The lowest BCUT2D eigenvalue weighted by atomic mass is 10.2. The van der Waals surface area contributed by atoms with Gasteiger partial charge in [0.1, 0.15) is 0 Å². The first-order chi connectivity index (χ1) is 5.43. The minimum atomic E-state index is 0.514. The summed E-state index contributed by atoms with van der Waals surface area (Å²) in [6, 6.07) is 0. The molecule has 11 heavy (non-hydrogen) atoms. The first-order valence-corrected chi connectivity index (χ1v) is 4.46. The molecule has 1 atom stereocenters. The zero-order valence-corrected chi connectivity index (χ0v) is 7.01. The van der Waals surface area contributed by atoms with E-state index in [9.17, 15) is 0 Å². The summed E-state index contributed by atoms with van der Waals surface area (Å²) in [6.07, 6.45) is 4.13. The van der Waals surface area contributed by atoms with Crippen LogP contribution in [0.2, 0.25) is 0 Å². The maximum atomic E-state index is 5.46. The van der Waals surface area contributed by atoms with Crippen LogP contribution in [0.1, 0.15) is 19.3 Å². The second-order valence-corrected chi connectivity index (χ2v) is 2.96. The summed E-state index contributed by atoms with van der Waals surface area (Å²) in [4.78, 5) is 0. The number of hydrogen-bond donors (Lipinski definition) is 2. The van der Waals surface area contributed by atoms with Crippen LogP contribution in [0.15, 0.2) is 0 Å². The van der Waals surface area contributed by atoms with Crippen molar-refractivity contribution in [1.82, 2.24) is 5.32 Å². The van der Waals surface area contributed by atoms with Crippen molar-refractivity contribution in [1.29, 1.82) is 0 Å². The molecule has 0 aliphatic carbocycles. The van der Waals surface area contributed by atoms with E-state index in [0.29, 0.717) is 6.10 Å². The van der Waals surface area contributed by atoms with Gasteiger partial charge in [-0.15, -0.1) is 0 Å². The molecule has 1 rings (SSSR count). The van der Waals surface area contributed by atoms with E-state index in [-0.39, 0.29) is 0 Å². The molecule has 1 aliphatic rings. The van der Waals surface area contributed by atoms with E-state index in [1.54, 1.807) is 0 Å². The summed E-state index contributed by atoms with van der Waals surface area (Å²) in [7, 11) is 0. The van der Waals surface area contributed by atoms with Crippen molar-refractivity contribution in [3.8, 4) is 0 Å². The molecule has 0 radical (unpaired) electrons. The smallest absolute Gasteiger partial charge is 0.0588 e. The second kappa shape index (κ2) is 5.52. The SMILES string of the molecule is NCCNCCC1CCCO1. The number of rotatable bonds is 5. The molecule has 3 N–H and O–H groups in total. The van der Waals surface area contributed by atoms with Crippen molar-refractivity contribution in [2.45, 2.75) is 25.4 Å². The number of hydrogen-bond acceptors (Lipinski definition) is 3. The highest BCUT2D eigenvalue weighted by Crippen LogP contribution is 2.14. The molecular weight excluding hydrogens is 140 g/mol. The van der Waals surface area contributed by atoms with Crippen molar-refractivity contribution in [3.05, 3.63) is 0 Å². The summed E-state index contributed by atoms with van der Waals surface area (Å²) in [6.45, 7) is 3.65. The lowest BCUT2D eigenvalue weighted by Crippen LogP contribution is -2.25. The predicted octanol–water partition coefficient (Wildman–Crippen LogP) is 0.104. The van der Waals surface area contributed by atoms with Gasteiger partial charge in [0.15, 0.2) is 0 Å². The first-order valence-electron chi connectivity index (χ1n) is 4.46. The van der Waals surface area contributed by atoms with Crippen LogP contribution in [0.25, 0.3) is 0 Å². The Bertz CT molecular complexity index is 92.1. The monoisotopic (exact) mass is 158 g/mol. The Morgan fingerprint density at radius 1 is 1.45 bits per heavy atom. The third-order valence-electron chi connectivity index (χ3n) is 1.99. The van der Waals surface area contributed by atoms with Gasteiger partial charge in [0.2, 0.25) is 0 Å². The van der Waals surface area contributed by atoms with E-state index in [2.05, 4.69) is 5.32 Å². The largest absolute Gasteiger partial charge is 0.378 e. The van der Waals surface area contributed by atoms with E-state index < -0.39 is 0 Å². The van der Waals surface area contributed by atoms with E-state index in [4.69, 9.17) is 10.5 Å². The van der Waals surface area contributed by atoms with Crippen LogP contribution in [0.3, 0.4) is 0 Å². The highest BCUT2D eigenvalue weighted by Gasteiger charge is 2.13. The molecule has 3 heteroatoms. The van der Waals surface area contributed by atoms with Crippen LogP contribution < -0.4 is 11.1 Å². The fourth-order valence-electron chi connectivity index (χ4n) is 1.36. The minimum absolute atomic E-state index is 0.514. The highest BCUT2D eigenvalue weighted by atomic mass is 16.5. The average Bonchev–Trinajstić information content (AvgIpc) is 2.50. The first kappa shape index (κ1) is 8.97. The van der Waals surface area contributed by atoms with Gasteiger partial charge >= 0.3 is 0 Å². The van der Waals surface area contributed by atoms with Gasteiger partial charge in [-0.1, -0.05) is 0 Å². The predicted molar refractivity (Wildman–Crippen MR) is 45.5 cm³/mol. The van der Waals surface area contributed by atoms with Crippen molar-refractivity contribution in [2.75, 3.05) is 26.2 Å². The molecule has 1 heterocycles. The van der Waals surface area contributed by atoms with Crippen molar-refractivity contribution in [2.24, 2.45) is 5.73 Å². The van der Waals surface area contributed by atoms with E-state index in [0.717, 1.165) is 32.7 Å². The molecule has 1 fully saturated rings. The summed E-state index contributed by atoms with van der Waals surface area (Å²) in [5.74, 6) is 0. The maximum Gasteiger partial charge on any atom is 0.0588 e. The Kier molecular flexibility index (Phi) is 4.50.